The Kier molecular flexibility index (Phi) is 3.37. The van der Waals surface area contributed by atoms with Gasteiger partial charge in [-0.2, -0.15) is 0 Å². The van der Waals surface area contributed by atoms with Gasteiger partial charge in [0.05, 0.1) is 0 Å². The summed E-state index contributed by atoms with van der Waals surface area (Å²) >= 11 is 0. The summed E-state index contributed by atoms with van der Waals surface area (Å²) in [4.78, 5) is 21.9. The lowest BCUT2D eigenvalue weighted by Crippen LogP contribution is -2.07. The zero-order valence-corrected chi connectivity index (χ0v) is 10.6. The van der Waals surface area contributed by atoms with Crippen molar-refractivity contribution in [1.29, 1.82) is 0 Å². The van der Waals surface area contributed by atoms with Gasteiger partial charge in [0.2, 0.25) is 11.7 Å². The van der Waals surface area contributed by atoms with Crippen LogP contribution in [0.3, 0.4) is 0 Å². The molecule has 1 heterocycles. The van der Waals surface area contributed by atoms with E-state index in [0.29, 0.717) is 11.4 Å². The lowest BCUT2D eigenvalue weighted by Gasteiger charge is -2.09. The lowest BCUT2D eigenvalue weighted by atomic mass is 10.0. The van der Waals surface area contributed by atoms with Crippen molar-refractivity contribution in [3.8, 4) is 11.3 Å². The van der Waals surface area contributed by atoms with Gasteiger partial charge in [-0.3, -0.25) is 4.79 Å². The average Bonchev–Trinajstić information content (AvgIpc) is 2.80. The number of nitrogens with one attached hydrogen (secondary N) is 1. The summed E-state index contributed by atoms with van der Waals surface area (Å²) in [6, 6.07) is 8.37. The third kappa shape index (κ3) is 2.65. The molecule has 0 fully saturated rings. The molecule has 0 aliphatic heterocycles. The maximum absolute atomic E-state index is 11.1. The van der Waals surface area contributed by atoms with Crippen molar-refractivity contribution in [3.05, 3.63) is 41.7 Å². The molecule has 5 nitrogen and oxygen atoms in total. The highest BCUT2D eigenvalue weighted by Gasteiger charge is 2.13. The molecule has 0 spiro atoms. The van der Waals surface area contributed by atoms with E-state index in [4.69, 9.17) is 9.52 Å². The van der Waals surface area contributed by atoms with Gasteiger partial charge in [0, 0.05) is 18.2 Å². The molecule has 0 saturated carbocycles. The van der Waals surface area contributed by atoms with Crippen LogP contribution < -0.4 is 5.32 Å². The molecule has 0 unspecified atom stereocenters. The molecule has 0 aliphatic carbocycles. The molecular weight excluding hydrogens is 246 g/mol. The van der Waals surface area contributed by atoms with Gasteiger partial charge in [0.1, 0.15) is 5.76 Å². The van der Waals surface area contributed by atoms with Gasteiger partial charge in [-0.05, 0) is 30.7 Å². The van der Waals surface area contributed by atoms with Crippen molar-refractivity contribution in [2.75, 3.05) is 5.32 Å². The molecule has 0 bridgehead atoms. The van der Waals surface area contributed by atoms with Gasteiger partial charge in [0.25, 0.3) is 0 Å². The van der Waals surface area contributed by atoms with Crippen molar-refractivity contribution < 1.29 is 19.1 Å². The molecule has 1 aromatic heterocycles. The molecular formula is C14H13NO4. The average molecular weight is 259 g/mol. The minimum absolute atomic E-state index is 0.112. The van der Waals surface area contributed by atoms with Crippen LogP contribution in [0.4, 0.5) is 5.69 Å². The van der Waals surface area contributed by atoms with Gasteiger partial charge < -0.3 is 14.8 Å². The summed E-state index contributed by atoms with van der Waals surface area (Å²) in [7, 11) is 0. The molecule has 2 rings (SSSR count). The van der Waals surface area contributed by atoms with E-state index in [-0.39, 0.29) is 11.7 Å². The van der Waals surface area contributed by atoms with Crippen LogP contribution in [-0.2, 0) is 4.79 Å². The number of furan rings is 1. The minimum Gasteiger partial charge on any atom is -0.475 e. The number of amides is 1. The number of rotatable bonds is 3. The first-order valence-electron chi connectivity index (χ1n) is 5.69. The first kappa shape index (κ1) is 12.9. The molecule has 0 aliphatic rings. The second-order valence-electron chi connectivity index (χ2n) is 4.13. The Bertz CT molecular complexity index is 643. The minimum atomic E-state index is -1.11. The van der Waals surface area contributed by atoms with Crippen LogP contribution in [0.1, 0.15) is 23.0 Å². The van der Waals surface area contributed by atoms with Gasteiger partial charge in [-0.15, -0.1) is 0 Å². The molecule has 1 aromatic carbocycles. The van der Waals surface area contributed by atoms with Crippen molar-refractivity contribution in [1.82, 2.24) is 0 Å². The Hall–Kier alpha value is -2.56. The molecule has 5 heteroatoms. The first-order valence-corrected chi connectivity index (χ1v) is 5.69. The summed E-state index contributed by atoms with van der Waals surface area (Å²) < 4.78 is 5.26. The third-order valence-corrected chi connectivity index (χ3v) is 2.73. The Labute approximate surface area is 109 Å². The van der Waals surface area contributed by atoms with Gasteiger partial charge in [-0.25, -0.2) is 4.79 Å². The summed E-state index contributed by atoms with van der Waals surface area (Å²) in [6.07, 6.45) is 0. The van der Waals surface area contributed by atoms with Crippen LogP contribution in [0.2, 0.25) is 0 Å². The van der Waals surface area contributed by atoms with E-state index in [2.05, 4.69) is 5.32 Å². The summed E-state index contributed by atoms with van der Waals surface area (Å²) in [6.45, 7) is 3.27. The maximum Gasteiger partial charge on any atom is 0.371 e. The van der Waals surface area contributed by atoms with Crippen LogP contribution in [0, 0.1) is 6.92 Å². The fraction of sp³-hybridized carbons (Fsp3) is 0.143. The van der Waals surface area contributed by atoms with E-state index in [1.807, 2.05) is 13.0 Å². The van der Waals surface area contributed by atoms with E-state index < -0.39 is 5.97 Å². The van der Waals surface area contributed by atoms with Crippen LogP contribution in [0.15, 0.2) is 34.7 Å². The predicted octanol–water partition coefficient (Wildman–Crippen LogP) is 2.91. The molecule has 0 atom stereocenters. The SMILES string of the molecule is CC(=O)Nc1cccc(-c2ccc(C(=O)O)o2)c1C. The normalized spacial score (nSPS) is 10.2. The van der Waals surface area contributed by atoms with Crippen molar-refractivity contribution in [2.24, 2.45) is 0 Å². The number of carboxylic acids is 1. The Morgan fingerprint density at radius 1 is 1.21 bits per heavy atom. The largest absolute Gasteiger partial charge is 0.475 e. The third-order valence-electron chi connectivity index (χ3n) is 2.73. The number of carboxylic acid groups (broad SMARTS) is 1. The van der Waals surface area contributed by atoms with E-state index in [9.17, 15) is 9.59 Å². The molecule has 98 valence electrons. The summed E-state index contributed by atoms with van der Waals surface area (Å²) in [5.74, 6) is -0.922. The lowest BCUT2D eigenvalue weighted by molar-refractivity contribution is -0.114. The van der Waals surface area contributed by atoms with Gasteiger partial charge in [-0.1, -0.05) is 12.1 Å². The van der Waals surface area contributed by atoms with Gasteiger partial charge >= 0.3 is 5.97 Å². The van der Waals surface area contributed by atoms with Crippen molar-refractivity contribution in [3.63, 3.8) is 0 Å². The molecule has 19 heavy (non-hydrogen) atoms. The number of anilines is 1. The summed E-state index contributed by atoms with van der Waals surface area (Å²) in [5.41, 5.74) is 2.25. The van der Waals surface area contributed by atoms with E-state index in [0.717, 1.165) is 11.1 Å². The number of carbonyl (C=O) groups excluding carboxylic acids is 1. The monoisotopic (exact) mass is 259 g/mol. The van der Waals surface area contributed by atoms with E-state index >= 15 is 0 Å². The smallest absolute Gasteiger partial charge is 0.371 e. The van der Waals surface area contributed by atoms with E-state index in [1.54, 1.807) is 18.2 Å². The second-order valence-corrected chi connectivity index (χ2v) is 4.13. The molecule has 0 radical (unpaired) electrons. The first-order chi connectivity index (χ1) is 8.99. The Balaban J connectivity index is 2.44. The van der Waals surface area contributed by atoms with E-state index in [1.165, 1.54) is 13.0 Å². The van der Waals surface area contributed by atoms with Crippen LogP contribution in [-0.4, -0.2) is 17.0 Å². The number of carbonyl (C=O) groups is 2. The highest BCUT2D eigenvalue weighted by atomic mass is 16.4. The second kappa shape index (κ2) is 4.97. The maximum atomic E-state index is 11.1. The van der Waals surface area contributed by atoms with Gasteiger partial charge in [0.15, 0.2) is 0 Å². The highest BCUT2D eigenvalue weighted by Crippen LogP contribution is 2.29. The number of aromatic carboxylic acids is 1. The van der Waals surface area contributed by atoms with Crippen molar-refractivity contribution in [2.45, 2.75) is 13.8 Å². The fourth-order valence-corrected chi connectivity index (χ4v) is 1.83. The number of hydrogen-bond donors (Lipinski definition) is 2. The van der Waals surface area contributed by atoms with Crippen LogP contribution in [0.25, 0.3) is 11.3 Å². The quantitative estimate of drug-likeness (QED) is 0.888. The highest BCUT2D eigenvalue weighted by molar-refractivity contribution is 5.91. The Morgan fingerprint density at radius 2 is 1.95 bits per heavy atom. The fourth-order valence-electron chi connectivity index (χ4n) is 1.83. The molecule has 1 amide bonds. The molecule has 2 N–H and O–H groups in total. The standard InChI is InChI=1S/C14H13NO4/c1-8-10(4-3-5-11(8)15-9(2)16)12-6-7-13(19-12)14(17)18/h3-7H,1-2H3,(H,15,16)(H,17,18). The molecule has 2 aromatic rings. The predicted molar refractivity (Wildman–Crippen MR) is 70.1 cm³/mol. The number of hydrogen-bond acceptors (Lipinski definition) is 3. The zero-order chi connectivity index (χ0) is 14.0. The molecule has 0 saturated heterocycles. The summed E-state index contributed by atoms with van der Waals surface area (Å²) in [5, 5.41) is 11.6. The topological polar surface area (TPSA) is 79.5 Å². The van der Waals surface area contributed by atoms with Crippen LogP contribution >= 0.6 is 0 Å². The zero-order valence-electron chi connectivity index (χ0n) is 10.6. The Morgan fingerprint density at radius 3 is 2.53 bits per heavy atom. The number of benzene rings is 1. The van der Waals surface area contributed by atoms with Crippen molar-refractivity contribution >= 4 is 17.6 Å². The van der Waals surface area contributed by atoms with Crippen LogP contribution in [0.5, 0.6) is 0 Å².